The van der Waals surface area contributed by atoms with Gasteiger partial charge in [-0.2, -0.15) is 0 Å². The third kappa shape index (κ3) is 4.47. The monoisotopic (exact) mass is 372 g/mol. The standard InChI is InChI=1S/C19H36O5Si/c1-19(2,3)25(4,5)22-12-14-13-10-17(20)23-15(13)11-16(14)24-18-8-6-7-9-21-18/h13-18,20H,6-12H2,1-5H3/t13?,14-,15?,16?,17?,18?/m1/s1. The summed E-state index contributed by atoms with van der Waals surface area (Å²) in [6.07, 6.45) is 4.30. The first-order chi connectivity index (χ1) is 11.7. The lowest BCUT2D eigenvalue weighted by Gasteiger charge is -2.38. The Labute approximate surface area is 153 Å². The molecule has 0 aromatic rings. The maximum absolute atomic E-state index is 9.90. The quantitative estimate of drug-likeness (QED) is 0.746. The van der Waals surface area contributed by atoms with Crippen LogP contribution in [0.1, 0.15) is 52.9 Å². The van der Waals surface area contributed by atoms with Crippen LogP contribution in [0.3, 0.4) is 0 Å². The van der Waals surface area contributed by atoms with Crippen LogP contribution >= 0.6 is 0 Å². The zero-order valence-electron chi connectivity index (χ0n) is 16.5. The molecule has 3 aliphatic rings. The largest absolute Gasteiger partial charge is 0.416 e. The Kier molecular flexibility index (Phi) is 5.98. The summed E-state index contributed by atoms with van der Waals surface area (Å²) in [5, 5.41) is 10.1. The minimum Gasteiger partial charge on any atom is -0.416 e. The van der Waals surface area contributed by atoms with Gasteiger partial charge in [0.2, 0.25) is 0 Å². The van der Waals surface area contributed by atoms with Crippen molar-refractivity contribution in [2.45, 2.75) is 95.8 Å². The summed E-state index contributed by atoms with van der Waals surface area (Å²) in [4.78, 5) is 0. The first kappa shape index (κ1) is 19.8. The second kappa shape index (κ2) is 7.56. The van der Waals surface area contributed by atoms with E-state index >= 15 is 0 Å². The van der Waals surface area contributed by atoms with Crippen LogP contribution in [0, 0.1) is 11.8 Å². The number of aliphatic hydroxyl groups is 1. The number of aliphatic hydroxyl groups excluding tert-OH is 1. The van der Waals surface area contributed by atoms with Crippen molar-refractivity contribution in [3.63, 3.8) is 0 Å². The van der Waals surface area contributed by atoms with Gasteiger partial charge in [-0.3, -0.25) is 0 Å². The summed E-state index contributed by atoms with van der Waals surface area (Å²) >= 11 is 0. The number of ether oxygens (including phenoxy) is 3. The topological polar surface area (TPSA) is 57.2 Å². The second-order valence-electron chi connectivity index (χ2n) is 9.47. The Morgan fingerprint density at radius 3 is 2.56 bits per heavy atom. The van der Waals surface area contributed by atoms with Crippen LogP contribution in [0.2, 0.25) is 18.1 Å². The van der Waals surface area contributed by atoms with Crippen LogP contribution in [-0.4, -0.2) is 51.4 Å². The van der Waals surface area contributed by atoms with Crippen molar-refractivity contribution in [2.24, 2.45) is 11.8 Å². The first-order valence-electron chi connectivity index (χ1n) is 9.92. The normalized spacial score (nSPS) is 39.6. The molecule has 6 atom stereocenters. The van der Waals surface area contributed by atoms with Gasteiger partial charge >= 0.3 is 0 Å². The molecule has 0 bridgehead atoms. The number of rotatable bonds is 5. The average Bonchev–Trinajstić information content (AvgIpc) is 3.01. The Morgan fingerprint density at radius 2 is 1.92 bits per heavy atom. The molecule has 2 aliphatic heterocycles. The summed E-state index contributed by atoms with van der Waals surface area (Å²) in [7, 11) is -1.81. The van der Waals surface area contributed by atoms with Gasteiger partial charge in [0.15, 0.2) is 20.9 Å². The highest BCUT2D eigenvalue weighted by Gasteiger charge is 2.51. The summed E-state index contributed by atoms with van der Waals surface area (Å²) in [6.45, 7) is 12.9. The average molecular weight is 373 g/mol. The third-order valence-corrected chi connectivity index (χ3v) is 11.2. The number of hydrogen-bond donors (Lipinski definition) is 1. The van der Waals surface area contributed by atoms with Gasteiger partial charge in [-0.15, -0.1) is 0 Å². The fourth-order valence-corrected chi connectivity index (χ4v) is 5.07. The fraction of sp³-hybridized carbons (Fsp3) is 1.00. The molecule has 0 radical (unpaired) electrons. The van der Waals surface area contributed by atoms with Crippen molar-refractivity contribution in [1.29, 1.82) is 0 Å². The van der Waals surface area contributed by atoms with Gasteiger partial charge in [-0.1, -0.05) is 20.8 Å². The molecule has 1 N–H and O–H groups in total. The Morgan fingerprint density at radius 1 is 1.16 bits per heavy atom. The third-order valence-electron chi connectivity index (χ3n) is 6.68. The molecule has 2 saturated heterocycles. The maximum atomic E-state index is 9.90. The molecule has 0 aromatic carbocycles. The summed E-state index contributed by atoms with van der Waals surface area (Å²) < 4.78 is 24.4. The van der Waals surface area contributed by atoms with Crippen molar-refractivity contribution in [2.75, 3.05) is 13.2 Å². The smallest absolute Gasteiger partial charge is 0.191 e. The van der Waals surface area contributed by atoms with E-state index in [1.54, 1.807) is 0 Å². The summed E-state index contributed by atoms with van der Waals surface area (Å²) in [5.74, 6) is 0.607. The lowest BCUT2D eigenvalue weighted by Crippen LogP contribution is -2.44. The fourth-order valence-electron chi connectivity index (χ4n) is 4.03. The van der Waals surface area contributed by atoms with E-state index in [0.717, 1.165) is 25.9 Å². The minimum absolute atomic E-state index is 0.0853. The van der Waals surface area contributed by atoms with Crippen LogP contribution in [0.25, 0.3) is 0 Å². The molecular formula is C19H36O5Si. The van der Waals surface area contributed by atoms with Crippen molar-refractivity contribution in [3.05, 3.63) is 0 Å². The van der Waals surface area contributed by atoms with E-state index in [2.05, 4.69) is 33.9 Å². The Balaban J connectivity index is 1.65. The van der Waals surface area contributed by atoms with E-state index < -0.39 is 14.6 Å². The molecule has 1 saturated carbocycles. The zero-order chi connectivity index (χ0) is 18.2. The van der Waals surface area contributed by atoms with E-state index in [1.807, 2.05) is 0 Å². The highest BCUT2D eigenvalue weighted by Crippen LogP contribution is 2.46. The molecule has 5 unspecified atom stereocenters. The maximum Gasteiger partial charge on any atom is 0.191 e. The van der Waals surface area contributed by atoms with Gasteiger partial charge in [0, 0.05) is 32.0 Å². The molecule has 5 nitrogen and oxygen atoms in total. The Bertz CT molecular complexity index is 444. The summed E-state index contributed by atoms with van der Waals surface area (Å²) in [6, 6.07) is 0. The van der Waals surface area contributed by atoms with E-state index in [0.29, 0.717) is 18.9 Å². The van der Waals surface area contributed by atoms with Crippen molar-refractivity contribution >= 4 is 8.32 Å². The van der Waals surface area contributed by atoms with Gasteiger partial charge in [0.1, 0.15) is 0 Å². The van der Waals surface area contributed by atoms with E-state index in [9.17, 15) is 5.11 Å². The lowest BCUT2D eigenvalue weighted by atomic mass is 9.93. The number of fused-ring (bicyclic) bond motifs is 1. The molecule has 0 amide bonds. The molecule has 1 aliphatic carbocycles. The molecule has 0 aromatic heterocycles. The van der Waals surface area contributed by atoms with Crippen molar-refractivity contribution in [1.82, 2.24) is 0 Å². The van der Waals surface area contributed by atoms with Gasteiger partial charge in [-0.05, 0) is 43.3 Å². The molecule has 3 fully saturated rings. The van der Waals surface area contributed by atoms with Gasteiger partial charge in [-0.25, -0.2) is 0 Å². The molecule has 146 valence electrons. The highest BCUT2D eigenvalue weighted by molar-refractivity contribution is 6.74. The van der Waals surface area contributed by atoms with Gasteiger partial charge < -0.3 is 23.7 Å². The van der Waals surface area contributed by atoms with Crippen molar-refractivity contribution < 1.29 is 23.7 Å². The zero-order valence-corrected chi connectivity index (χ0v) is 17.5. The molecule has 6 heteroatoms. The predicted octanol–water partition coefficient (Wildman–Crippen LogP) is 3.66. The molecule has 25 heavy (non-hydrogen) atoms. The predicted molar refractivity (Wildman–Crippen MR) is 98.7 cm³/mol. The van der Waals surface area contributed by atoms with Crippen LogP contribution in [0.5, 0.6) is 0 Å². The van der Waals surface area contributed by atoms with E-state index in [4.69, 9.17) is 18.6 Å². The van der Waals surface area contributed by atoms with E-state index in [1.165, 1.54) is 6.42 Å². The molecule has 2 heterocycles. The van der Waals surface area contributed by atoms with Crippen LogP contribution < -0.4 is 0 Å². The first-order valence-corrected chi connectivity index (χ1v) is 12.8. The Hall–Kier alpha value is 0.0169. The lowest BCUT2D eigenvalue weighted by molar-refractivity contribution is -0.201. The highest BCUT2D eigenvalue weighted by atomic mass is 28.4. The molecular weight excluding hydrogens is 336 g/mol. The van der Waals surface area contributed by atoms with Crippen molar-refractivity contribution in [3.8, 4) is 0 Å². The SMILES string of the molecule is CC(C)(C)[Si](C)(C)OC[C@H]1C(OC2CCCCO2)CC2OC(O)CC21. The van der Waals surface area contributed by atoms with Gasteiger partial charge in [0.05, 0.1) is 12.2 Å². The van der Waals surface area contributed by atoms with Gasteiger partial charge in [0.25, 0.3) is 0 Å². The molecule has 0 spiro atoms. The van der Waals surface area contributed by atoms with Crippen LogP contribution in [0.15, 0.2) is 0 Å². The second-order valence-corrected chi connectivity index (χ2v) is 14.3. The van der Waals surface area contributed by atoms with Crippen LogP contribution in [-0.2, 0) is 18.6 Å². The van der Waals surface area contributed by atoms with Crippen LogP contribution in [0.4, 0.5) is 0 Å². The summed E-state index contributed by atoms with van der Waals surface area (Å²) in [5.41, 5.74) is 0. The number of hydrogen-bond acceptors (Lipinski definition) is 5. The molecule has 3 rings (SSSR count). The minimum atomic E-state index is -1.81. The van der Waals surface area contributed by atoms with E-state index in [-0.39, 0.29) is 29.5 Å².